The van der Waals surface area contributed by atoms with E-state index in [9.17, 15) is 14.9 Å². The van der Waals surface area contributed by atoms with Gasteiger partial charge in [-0.3, -0.25) is 14.9 Å². The van der Waals surface area contributed by atoms with Gasteiger partial charge < -0.3 is 5.32 Å². The Balaban J connectivity index is 1.94. The number of carbonyl (C=O) groups is 1. The van der Waals surface area contributed by atoms with Crippen molar-refractivity contribution in [2.75, 3.05) is 6.54 Å². The summed E-state index contributed by atoms with van der Waals surface area (Å²) in [5, 5.41) is 12.9. The summed E-state index contributed by atoms with van der Waals surface area (Å²) in [6.45, 7) is 0.279. The highest BCUT2D eigenvalue weighted by Gasteiger charge is 2.12. The van der Waals surface area contributed by atoms with Crippen molar-refractivity contribution in [3.05, 3.63) is 75.8 Å². The SMILES string of the molecule is O=C(NCC(Cl)c1ccccc1)c1ccc([N+](=O)[O-])cc1. The Kier molecular flexibility index (Phi) is 4.90. The summed E-state index contributed by atoms with van der Waals surface area (Å²) < 4.78 is 0. The minimum Gasteiger partial charge on any atom is -0.350 e. The number of halogens is 1. The summed E-state index contributed by atoms with van der Waals surface area (Å²) >= 11 is 6.20. The number of nitrogens with one attached hydrogen (secondary N) is 1. The van der Waals surface area contributed by atoms with Crippen LogP contribution in [0.15, 0.2) is 54.6 Å². The monoisotopic (exact) mass is 304 g/mol. The van der Waals surface area contributed by atoms with E-state index >= 15 is 0 Å². The number of hydrogen-bond acceptors (Lipinski definition) is 3. The summed E-state index contributed by atoms with van der Waals surface area (Å²) in [5.41, 5.74) is 1.23. The van der Waals surface area contributed by atoms with Crippen LogP contribution in [-0.2, 0) is 0 Å². The van der Waals surface area contributed by atoms with E-state index in [1.165, 1.54) is 24.3 Å². The first kappa shape index (κ1) is 15.0. The Morgan fingerprint density at radius 3 is 2.33 bits per heavy atom. The lowest BCUT2D eigenvalue weighted by Gasteiger charge is -2.11. The maximum absolute atomic E-state index is 11.9. The van der Waals surface area contributed by atoms with Gasteiger partial charge in [0.15, 0.2) is 0 Å². The molecule has 2 rings (SSSR count). The van der Waals surface area contributed by atoms with Crippen molar-refractivity contribution in [3.8, 4) is 0 Å². The van der Waals surface area contributed by atoms with E-state index in [0.717, 1.165) is 5.56 Å². The number of carbonyl (C=O) groups excluding carboxylic acids is 1. The average molecular weight is 305 g/mol. The van der Waals surface area contributed by atoms with Crippen molar-refractivity contribution in [1.82, 2.24) is 5.32 Å². The van der Waals surface area contributed by atoms with Crippen LogP contribution in [0.5, 0.6) is 0 Å². The van der Waals surface area contributed by atoms with Gasteiger partial charge in [-0.25, -0.2) is 0 Å². The molecule has 1 atom stereocenters. The van der Waals surface area contributed by atoms with Crippen LogP contribution in [0.1, 0.15) is 21.3 Å². The van der Waals surface area contributed by atoms with Gasteiger partial charge in [-0.2, -0.15) is 0 Å². The van der Waals surface area contributed by atoms with E-state index in [4.69, 9.17) is 11.6 Å². The zero-order valence-electron chi connectivity index (χ0n) is 11.0. The first-order valence-corrected chi connectivity index (χ1v) is 6.73. The lowest BCUT2D eigenvalue weighted by atomic mass is 10.1. The third kappa shape index (κ3) is 4.03. The summed E-state index contributed by atoms with van der Waals surface area (Å²) in [7, 11) is 0. The molecule has 0 aliphatic carbocycles. The van der Waals surface area contributed by atoms with Crippen LogP contribution in [0, 0.1) is 10.1 Å². The molecule has 0 saturated carbocycles. The normalized spacial score (nSPS) is 11.7. The molecule has 1 amide bonds. The number of rotatable bonds is 5. The maximum Gasteiger partial charge on any atom is 0.269 e. The zero-order chi connectivity index (χ0) is 15.2. The molecule has 0 spiro atoms. The van der Waals surface area contributed by atoms with Crippen LogP contribution >= 0.6 is 11.6 Å². The zero-order valence-corrected chi connectivity index (χ0v) is 11.8. The van der Waals surface area contributed by atoms with Gasteiger partial charge in [-0.1, -0.05) is 30.3 Å². The molecule has 0 bridgehead atoms. The molecular weight excluding hydrogens is 292 g/mol. The molecule has 0 heterocycles. The Bertz CT molecular complexity index is 629. The molecule has 21 heavy (non-hydrogen) atoms. The molecule has 5 nitrogen and oxygen atoms in total. The fourth-order valence-corrected chi connectivity index (χ4v) is 2.02. The van der Waals surface area contributed by atoms with Gasteiger partial charge in [0, 0.05) is 24.2 Å². The first-order valence-electron chi connectivity index (χ1n) is 6.29. The average Bonchev–Trinajstić information content (AvgIpc) is 2.53. The number of amides is 1. The second kappa shape index (κ2) is 6.85. The third-order valence-electron chi connectivity index (χ3n) is 2.94. The molecule has 0 radical (unpaired) electrons. The van der Waals surface area contributed by atoms with E-state index in [2.05, 4.69) is 5.32 Å². The van der Waals surface area contributed by atoms with Crippen molar-refractivity contribution in [2.24, 2.45) is 0 Å². The molecule has 1 N–H and O–H groups in total. The number of alkyl halides is 1. The molecule has 0 saturated heterocycles. The number of non-ortho nitro benzene ring substituents is 1. The van der Waals surface area contributed by atoms with Crippen LogP contribution in [0.25, 0.3) is 0 Å². The molecule has 6 heteroatoms. The molecule has 2 aromatic carbocycles. The fourth-order valence-electron chi connectivity index (χ4n) is 1.80. The summed E-state index contributed by atoms with van der Waals surface area (Å²) in [6.07, 6.45) is 0. The lowest BCUT2D eigenvalue weighted by Crippen LogP contribution is -2.26. The Labute approximate surface area is 126 Å². The van der Waals surface area contributed by atoms with E-state index in [0.29, 0.717) is 5.56 Å². The fraction of sp³-hybridized carbons (Fsp3) is 0.133. The van der Waals surface area contributed by atoms with Crippen LogP contribution in [0.4, 0.5) is 5.69 Å². The van der Waals surface area contributed by atoms with Gasteiger partial charge in [-0.05, 0) is 17.7 Å². The number of nitrogens with zero attached hydrogens (tertiary/aromatic N) is 1. The molecule has 0 aromatic heterocycles. The standard InChI is InChI=1S/C15H13ClN2O3/c16-14(11-4-2-1-3-5-11)10-17-15(19)12-6-8-13(9-7-12)18(20)21/h1-9,14H,10H2,(H,17,19). The van der Waals surface area contributed by atoms with Gasteiger partial charge >= 0.3 is 0 Å². The molecule has 1 unspecified atom stereocenters. The highest BCUT2D eigenvalue weighted by Crippen LogP contribution is 2.19. The first-order chi connectivity index (χ1) is 10.1. The highest BCUT2D eigenvalue weighted by atomic mass is 35.5. The molecule has 0 fully saturated rings. The van der Waals surface area contributed by atoms with Gasteiger partial charge in [0.05, 0.1) is 10.3 Å². The second-order valence-corrected chi connectivity index (χ2v) is 4.92. The largest absolute Gasteiger partial charge is 0.350 e. The third-order valence-corrected chi connectivity index (χ3v) is 3.35. The van der Waals surface area contributed by atoms with E-state index in [-0.39, 0.29) is 23.5 Å². The van der Waals surface area contributed by atoms with Gasteiger partial charge in [0.1, 0.15) is 0 Å². The van der Waals surface area contributed by atoms with E-state index in [1.54, 1.807) is 0 Å². The summed E-state index contributed by atoms with van der Waals surface area (Å²) in [5.74, 6) is -0.313. The van der Waals surface area contributed by atoms with Crippen molar-refractivity contribution in [2.45, 2.75) is 5.38 Å². The highest BCUT2D eigenvalue weighted by molar-refractivity contribution is 6.21. The van der Waals surface area contributed by atoms with Crippen LogP contribution < -0.4 is 5.32 Å². The van der Waals surface area contributed by atoms with Gasteiger partial charge in [-0.15, -0.1) is 11.6 Å². The Morgan fingerprint density at radius 1 is 1.14 bits per heavy atom. The number of benzene rings is 2. The smallest absolute Gasteiger partial charge is 0.269 e. The van der Waals surface area contributed by atoms with Crippen LogP contribution in [0.3, 0.4) is 0 Å². The molecular formula is C15H13ClN2O3. The predicted octanol–water partition coefficient (Wildman–Crippen LogP) is 3.30. The summed E-state index contributed by atoms with van der Waals surface area (Å²) in [6, 6.07) is 14.8. The van der Waals surface area contributed by atoms with Crippen LogP contribution in [0.2, 0.25) is 0 Å². The van der Waals surface area contributed by atoms with Gasteiger partial charge in [0.25, 0.3) is 11.6 Å². The predicted molar refractivity (Wildman–Crippen MR) is 80.5 cm³/mol. The molecule has 0 aliphatic rings. The van der Waals surface area contributed by atoms with Crippen molar-refractivity contribution >= 4 is 23.2 Å². The summed E-state index contributed by atoms with van der Waals surface area (Å²) in [4.78, 5) is 22.0. The minimum atomic E-state index is -0.508. The maximum atomic E-state index is 11.9. The molecule has 0 aliphatic heterocycles. The van der Waals surface area contributed by atoms with Crippen LogP contribution in [-0.4, -0.2) is 17.4 Å². The van der Waals surface area contributed by atoms with Gasteiger partial charge in [0.2, 0.25) is 0 Å². The molecule has 2 aromatic rings. The minimum absolute atomic E-state index is 0.0499. The van der Waals surface area contributed by atoms with Crippen molar-refractivity contribution < 1.29 is 9.72 Å². The van der Waals surface area contributed by atoms with Crippen molar-refractivity contribution in [1.29, 1.82) is 0 Å². The topological polar surface area (TPSA) is 72.2 Å². The number of nitro groups is 1. The quantitative estimate of drug-likeness (QED) is 0.523. The van der Waals surface area contributed by atoms with E-state index in [1.807, 2.05) is 30.3 Å². The molecule has 108 valence electrons. The van der Waals surface area contributed by atoms with Crippen molar-refractivity contribution in [3.63, 3.8) is 0 Å². The Hall–Kier alpha value is -2.40. The van der Waals surface area contributed by atoms with E-state index < -0.39 is 4.92 Å². The number of hydrogen-bond donors (Lipinski definition) is 1. The lowest BCUT2D eigenvalue weighted by molar-refractivity contribution is -0.384. The number of nitro benzene ring substituents is 1. The Morgan fingerprint density at radius 2 is 1.76 bits per heavy atom. The second-order valence-electron chi connectivity index (χ2n) is 4.39.